The average molecular weight is 475 g/mol. The van der Waals surface area contributed by atoms with Crippen molar-refractivity contribution in [2.45, 2.75) is 56.0 Å². The zero-order valence-corrected chi connectivity index (χ0v) is 19.6. The number of hydrogen-bond donors (Lipinski definition) is 2. The maximum absolute atomic E-state index is 13.2. The van der Waals surface area contributed by atoms with E-state index in [0.29, 0.717) is 13.0 Å². The van der Waals surface area contributed by atoms with Crippen LogP contribution in [0.2, 0.25) is 0 Å². The number of nitrogens with zero attached hydrogens (tertiary/aromatic N) is 1. The van der Waals surface area contributed by atoms with Crippen LogP contribution < -0.4 is 5.32 Å². The number of aliphatic carboxylic acids is 1. The van der Waals surface area contributed by atoms with Gasteiger partial charge in [-0.15, -0.1) is 0 Å². The van der Waals surface area contributed by atoms with Gasteiger partial charge in [0.2, 0.25) is 5.91 Å². The number of carboxylic acids is 1. The molecule has 6 rings (SSSR count). The highest BCUT2D eigenvalue weighted by Gasteiger charge is 2.66. The molecule has 35 heavy (non-hydrogen) atoms. The SMILES string of the molecule is O=C(NC(CC(=O)N1CCC[C@@H]2C[C@@]21C(=O)O)C1CC1)OCC1c2ccccc2-c2ccccc21. The quantitative estimate of drug-likeness (QED) is 0.628. The second kappa shape index (κ2) is 8.40. The normalized spacial score (nSPS) is 25.1. The molecule has 1 heterocycles. The van der Waals surface area contributed by atoms with Gasteiger partial charge >= 0.3 is 12.1 Å². The molecule has 3 aliphatic carbocycles. The number of piperidine rings is 1. The van der Waals surface area contributed by atoms with E-state index in [0.717, 1.165) is 36.8 Å². The van der Waals surface area contributed by atoms with Crippen LogP contribution in [0.3, 0.4) is 0 Å². The van der Waals surface area contributed by atoms with Gasteiger partial charge in [0.15, 0.2) is 0 Å². The molecule has 2 aromatic rings. The third-order valence-electron chi connectivity index (χ3n) is 8.39. The van der Waals surface area contributed by atoms with E-state index in [9.17, 15) is 19.5 Å². The Morgan fingerprint density at radius 2 is 1.69 bits per heavy atom. The fraction of sp³-hybridized carbons (Fsp3) is 0.464. The topological polar surface area (TPSA) is 95.9 Å². The number of alkyl carbamates (subject to hydrolysis) is 1. The number of likely N-dealkylation sites (tertiary alicyclic amines) is 1. The smallest absolute Gasteiger partial charge is 0.407 e. The van der Waals surface area contributed by atoms with Crippen molar-refractivity contribution in [2.75, 3.05) is 13.2 Å². The first-order valence-electron chi connectivity index (χ1n) is 12.6. The van der Waals surface area contributed by atoms with Crippen LogP contribution in [0, 0.1) is 11.8 Å². The van der Waals surface area contributed by atoms with E-state index in [1.165, 1.54) is 11.1 Å². The van der Waals surface area contributed by atoms with E-state index in [1.54, 1.807) is 4.90 Å². The summed E-state index contributed by atoms with van der Waals surface area (Å²) in [5.74, 6) is -0.801. The van der Waals surface area contributed by atoms with Crippen molar-refractivity contribution < 1.29 is 24.2 Å². The number of ether oxygens (including phenoxy) is 1. The third kappa shape index (κ3) is 3.77. The Balaban J connectivity index is 1.10. The molecule has 4 aliphatic rings. The third-order valence-corrected chi connectivity index (χ3v) is 8.39. The molecule has 0 bridgehead atoms. The van der Waals surface area contributed by atoms with Crippen LogP contribution in [0.25, 0.3) is 11.1 Å². The molecule has 7 nitrogen and oxygen atoms in total. The molecule has 3 atom stereocenters. The van der Waals surface area contributed by atoms with Gasteiger partial charge in [-0.05, 0) is 66.2 Å². The van der Waals surface area contributed by atoms with Crippen LogP contribution in [0.4, 0.5) is 4.79 Å². The van der Waals surface area contributed by atoms with Crippen molar-refractivity contribution in [1.29, 1.82) is 0 Å². The fourth-order valence-electron chi connectivity index (χ4n) is 6.33. The average Bonchev–Trinajstić information content (AvgIpc) is 3.78. The lowest BCUT2D eigenvalue weighted by Gasteiger charge is -2.34. The first kappa shape index (κ1) is 22.1. The number of rotatable bonds is 7. The lowest BCUT2D eigenvalue weighted by atomic mass is 9.98. The Morgan fingerprint density at radius 3 is 2.31 bits per heavy atom. The summed E-state index contributed by atoms with van der Waals surface area (Å²) in [5, 5.41) is 12.7. The number of carbonyl (C=O) groups excluding carboxylic acids is 2. The van der Waals surface area contributed by atoms with Crippen LogP contribution in [-0.4, -0.2) is 52.7 Å². The predicted octanol–water partition coefficient (Wildman–Crippen LogP) is 4.16. The Hall–Kier alpha value is -3.35. The van der Waals surface area contributed by atoms with Crippen molar-refractivity contribution in [3.63, 3.8) is 0 Å². The molecule has 1 saturated heterocycles. The van der Waals surface area contributed by atoms with Gasteiger partial charge < -0.3 is 20.1 Å². The summed E-state index contributed by atoms with van der Waals surface area (Å²) in [7, 11) is 0. The maximum atomic E-state index is 13.2. The second-order valence-corrected chi connectivity index (χ2v) is 10.4. The van der Waals surface area contributed by atoms with Crippen molar-refractivity contribution in [1.82, 2.24) is 10.2 Å². The summed E-state index contributed by atoms with van der Waals surface area (Å²) in [6.07, 6.45) is 3.74. The Morgan fingerprint density at radius 1 is 1.03 bits per heavy atom. The molecule has 1 aliphatic heterocycles. The number of fused-ring (bicyclic) bond motifs is 4. The van der Waals surface area contributed by atoms with Gasteiger partial charge in [-0.3, -0.25) is 4.79 Å². The fourth-order valence-corrected chi connectivity index (χ4v) is 6.33. The van der Waals surface area contributed by atoms with Crippen molar-refractivity contribution in [2.24, 2.45) is 11.8 Å². The molecule has 1 unspecified atom stereocenters. The highest BCUT2D eigenvalue weighted by molar-refractivity contribution is 5.91. The monoisotopic (exact) mass is 474 g/mol. The van der Waals surface area contributed by atoms with Crippen LogP contribution in [0.1, 0.15) is 55.6 Å². The Kier molecular flexibility index (Phi) is 5.31. The molecule has 2 saturated carbocycles. The minimum atomic E-state index is -1.02. The standard InChI is InChI=1S/C28H30N2O5/c31-25(30-13-5-6-18-15-28(18,30)26(32)33)14-24(17-11-12-17)29-27(34)35-16-23-21-9-3-1-7-19(21)20-8-2-4-10-22(20)23/h1-4,7-10,17-18,23-24H,5-6,11-16H2,(H,29,34)(H,32,33)/t18-,24?,28+/m1/s1. The Labute approximate surface area is 204 Å². The summed E-state index contributed by atoms with van der Waals surface area (Å²) in [6, 6.07) is 16.1. The van der Waals surface area contributed by atoms with Crippen LogP contribution >= 0.6 is 0 Å². The molecule has 0 spiro atoms. The highest BCUT2D eigenvalue weighted by Crippen LogP contribution is 2.54. The first-order chi connectivity index (χ1) is 17.0. The summed E-state index contributed by atoms with van der Waals surface area (Å²) in [4.78, 5) is 39.5. The molecule has 0 radical (unpaired) electrons. The van der Waals surface area contributed by atoms with E-state index in [-0.39, 0.29) is 42.7 Å². The summed E-state index contributed by atoms with van der Waals surface area (Å²) in [6.45, 7) is 0.699. The molecule has 2 aromatic carbocycles. The largest absolute Gasteiger partial charge is 0.479 e. The van der Waals surface area contributed by atoms with Gasteiger partial charge in [0.05, 0.1) is 0 Å². The zero-order valence-electron chi connectivity index (χ0n) is 19.6. The maximum Gasteiger partial charge on any atom is 0.407 e. The van der Waals surface area contributed by atoms with E-state index in [1.807, 2.05) is 24.3 Å². The minimum absolute atomic E-state index is 0.0234. The number of carboxylic acid groups (broad SMARTS) is 1. The van der Waals surface area contributed by atoms with E-state index >= 15 is 0 Å². The van der Waals surface area contributed by atoms with Crippen molar-refractivity contribution >= 4 is 18.0 Å². The molecule has 2 amide bonds. The molecular formula is C28H30N2O5. The molecular weight excluding hydrogens is 444 g/mol. The predicted molar refractivity (Wildman–Crippen MR) is 129 cm³/mol. The van der Waals surface area contributed by atoms with Gasteiger partial charge in [0.1, 0.15) is 12.1 Å². The lowest BCUT2D eigenvalue weighted by molar-refractivity contribution is -0.154. The van der Waals surface area contributed by atoms with E-state index in [4.69, 9.17) is 4.74 Å². The van der Waals surface area contributed by atoms with Gasteiger partial charge in [-0.1, -0.05) is 48.5 Å². The van der Waals surface area contributed by atoms with Crippen LogP contribution in [0.5, 0.6) is 0 Å². The lowest BCUT2D eigenvalue weighted by Crippen LogP contribution is -2.53. The molecule has 182 valence electrons. The van der Waals surface area contributed by atoms with Crippen molar-refractivity contribution in [3.05, 3.63) is 59.7 Å². The number of carbonyl (C=O) groups is 3. The molecule has 0 aromatic heterocycles. The van der Waals surface area contributed by atoms with E-state index < -0.39 is 17.6 Å². The van der Waals surface area contributed by atoms with Crippen LogP contribution in [0.15, 0.2) is 48.5 Å². The second-order valence-electron chi connectivity index (χ2n) is 10.4. The van der Waals surface area contributed by atoms with Gasteiger partial charge in [0.25, 0.3) is 0 Å². The minimum Gasteiger partial charge on any atom is -0.479 e. The van der Waals surface area contributed by atoms with Gasteiger partial charge in [-0.2, -0.15) is 0 Å². The number of hydrogen-bond acceptors (Lipinski definition) is 4. The summed E-state index contributed by atoms with van der Waals surface area (Å²) in [5.41, 5.74) is 3.63. The van der Waals surface area contributed by atoms with Crippen molar-refractivity contribution in [3.8, 4) is 11.1 Å². The zero-order chi connectivity index (χ0) is 24.2. The Bertz CT molecular complexity index is 1150. The number of amides is 2. The summed E-state index contributed by atoms with van der Waals surface area (Å²) < 4.78 is 5.69. The number of nitrogens with one attached hydrogen (secondary N) is 1. The first-order valence-corrected chi connectivity index (χ1v) is 12.6. The molecule has 3 fully saturated rings. The summed E-state index contributed by atoms with van der Waals surface area (Å²) >= 11 is 0. The highest BCUT2D eigenvalue weighted by atomic mass is 16.5. The van der Waals surface area contributed by atoms with Crippen LogP contribution in [-0.2, 0) is 14.3 Å². The van der Waals surface area contributed by atoms with Gasteiger partial charge in [-0.25, -0.2) is 9.59 Å². The molecule has 2 N–H and O–H groups in total. The van der Waals surface area contributed by atoms with Gasteiger partial charge in [0, 0.05) is 24.9 Å². The number of benzene rings is 2. The molecule has 7 heteroatoms. The van der Waals surface area contributed by atoms with E-state index in [2.05, 4.69) is 29.6 Å².